The second-order valence-electron chi connectivity index (χ2n) is 6.15. The summed E-state index contributed by atoms with van der Waals surface area (Å²) in [4.78, 5) is 12.4. The third-order valence-electron chi connectivity index (χ3n) is 4.29. The Morgan fingerprint density at radius 1 is 1.15 bits per heavy atom. The van der Waals surface area contributed by atoms with E-state index in [1.165, 1.54) is 6.42 Å². The number of para-hydroxylation sites is 2. The fourth-order valence-corrected chi connectivity index (χ4v) is 2.80. The van der Waals surface area contributed by atoms with E-state index < -0.39 is 0 Å². The number of nitrogens with two attached hydrogens (primary N) is 1. The zero-order chi connectivity index (χ0) is 17.5. The van der Waals surface area contributed by atoms with E-state index in [9.17, 15) is 4.79 Å². The molecule has 6 heteroatoms. The lowest BCUT2D eigenvalue weighted by atomic mass is 10.1. The van der Waals surface area contributed by atoms with Crippen LogP contribution in [0.15, 0.2) is 48.5 Å². The second kappa shape index (κ2) is 10.2. The van der Waals surface area contributed by atoms with Crippen LogP contribution in [-0.2, 0) is 11.3 Å². The first kappa shape index (κ1) is 20.2. The van der Waals surface area contributed by atoms with Gasteiger partial charge in [-0.3, -0.25) is 4.79 Å². The third kappa shape index (κ3) is 5.46. The van der Waals surface area contributed by atoms with Crippen LogP contribution in [0, 0.1) is 0 Å². The van der Waals surface area contributed by atoms with E-state index in [1.54, 1.807) is 12.1 Å². The fraction of sp³-hybridized carbons (Fsp3) is 0.350. The van der Waals surface area contributed by atoms with Gasteiger partial charge in [-0.2, -0.15) is 0 Å². The predicted octanol–water partition coefficient (Wildman–Crippen LogP) is 3.77. The van der Waals surface area contributed by atoms with Crippen molar-refractivity contribution in [2.24, 2.45) is 5.73 Å². The van der Waals surface area contributed by atoms with Crippen LogP contribution in [0.25, 0.3) is 0 Å². The minimum absolute atomic E-state index is 0. The SMILES string of the molecule is Cl.NCc1ccc(C(=O)Nc2ccccc2OCC2CCCCO2)cc1. The largest absolute Gasteiger partial charge is 0.489 e. The van der Waals surface area contributed by atoms with Crippen molar-refractivity contribution in [1.29, 1.82) is 0 Å². The highest BCUT2D eigenvalue weighted by atomic mass is 35.5. The molecular formula is C20H25ClN2O3. The van der Waals surface area contributed by atoms with Gasteiger partial charge in [0.1, 0.15) is 12.4 Å². The number of anilines is 1. The molecule has 0 bridgehead atoms. The Morgan fingerprint density at radius 2 is 1.92 bits per heavy atom. The molecule has 0 radical (unpaired) electrons. The molecule has 140 valence electrons. The van der Waals surface area contributed by atoms with Gasteiger partial charge in [0, 0.05) is 18.7 Å². The smallest absolute Gasteiger partial charge is 0.255 e. The lowest BCUT2D eigenvalue weighted by Gasteiger charge is -2.23. The van der Waals surface area contributed by atoms with Crippen LogP contribution in [0.1, 0.15) is 35.2 Å². The third-order valence-corrected chi connectivity index (χ3v) is 4.29. The van der Waals surface area contributed by atoms with Crippen molar-refractivity contribution in [3.05, 3.63) is 59.7 Å². The lowest BCUT2D eigenvalue weighted by Crippen LogP contribution is -2.26. The molecule has 0 aromatic heterocycles. The van der Waals surface area contributed by atoms with Gasteiger partial charge < -0.3 is 20.5 Å². The van der Waals surface area contributed by atoms with Crippen molar-refractivity contribution < 1.29 is 14.3 Å². The number of ether oxygens (including phenoxy) is 2. The van der Waals surface area contributed by atoms with Crippen LogP contribution < -0.4 is 15.8 Å². The normalized spacial score (nSPS) is 16.4. The number of benzene rings is 2. The first-order chi connectivity index (χ1) is 12.3. The Bertz CT molecular complexity index is 700. The number of hydrogen-bond acceptors (Lipinski definition) is 4. The van der Waals surface area contributed by atoms with Gasteiger partial charge in [0.15, 0.2) is 0 Å². The summed E-state index contributed by atoms with van der Waals surface area (Å²) in [5.74, 6) is 0.483. The zero-order valence-corrected chi connectivity index (χ0v) is 15.5. The van der Waals surface area contributed by atoms with E-state index in [0.717, 1.165) is 25.0 Å². The van der Waals surface area contributed by atoms with Gasteiger partial charge >= 0.3 is 0 Å². The van der Waals surface area contributed by atoms with Crippen LogP contribution in [0.3, 0.4) is 0 Å². The summed E-state index contributed by atoms with van der Waals surface area (Å²) in [5.41, 5.74) is 7.82. The Balaban J connectivity index is 0.00000243. The molecule has 1 fully saturated rings. The molecule has 1 heterocycles. The van der Waals surface area contributed by atoms with Crippen LogP contribution in [0.4, 0.5) is 5.69 Å². The molecule has 5 nitrogen and oxygen atoms in total. The first-order valence-corrected chi connectivity index (χ1v) is 8.70. The summed E-state index contributed by atoms with van der Waals surface area (Å²) in [6.07, 6.45) is 3.43. The molecule has 3 N–H and O–H groups in total. The monoisotopic (exact) mass is 376 g/mol. The molecule has 1 unspecified atom stereocenters. The number of carbonyl (C=O) groups is 1. The Morgan fingerprint density at radius 3 is 2.62 bits per heavy atom. The summed E-state index contributed by atoms with van der Waals surface area (Å²) < 4.78 is 11.6. The summed E-state index contributed by atoms with van der Waals surface area (Å²) in [7, 11) is 0. The number of nitrogens with one attached hydrogen (secondary N) is 1. The molecular weight excluding hydrogens is 352 g/mol. The van der Waals surface area contributed by atoms with E-state index in [2.05, 4.69) is 5.32 Å². The molecule has 1 amide bonds. The maximum Gasteiger partial charge on any atom is 0.255 e. The minimum atomic E-state index is -0.173. The molecule has 3 rings (SSSR count). The minimum Gasteiger partial charge on any atom is -0.489 e. The van der Waals surface area contributed by atoms with Gasteiger partial charge in [0.05, 0.1) is 11.8 Å². The molecule has 0 spiro atoms. The highest BCUT2D eigenvalue weighted by Gasteiger charge is 2.16. The van der Waals surface area contributed by atoms with E-state index in [0.29, 0.717) is 30.2 Å². The average molecular weight is 377 g/mol. The van der Waals surface area contributed by atoms with Crippen LogP contribution in [-0.4, -0.2) is 25.2 Å². The Kier molecular flexibility index (Phi) is 7.91. The number of carbonyl (C=O) groups excluding carboxylic acids is 1. The predicted molar refractivity (Wildman–Crippen MR) is 105 cm³/mol. The maximum atomic E-state index is 12.4. The lowest BCUT2D eigenvalue weighted by molar-refractivity contribution is -0.0109. The van der Waals surface area contributed by atoms with E-state index >= 15 is 0 Å². The van der Waals surface area contributed by atoms with E-state index in [4.69, 9.17) is 15.2 Å². The first-order valence-electron chi connectivity index (χ1n) is 8.70. The molecule has 2 aromatic carbocycles. The molecule has 2 aromatic rings. The molecule has 1 aliphatic rings. The Labute approximate surface area is 160 Å². The molecule has 0 saturated carbocycles. The number of halogens is 1. The molecule has 1 atom stereocenters. The van der Waals surface area contributed by atoms with Gasteiger partial charge in [-0.25, -0.2) is 0 Å². The van der Waals surface area contributed by atoms with Gasteiger partial charge in [-0.15, -0.1) is 12.4 Å². The zero-order valence-electron chi connectivity index (χ0n) is 14.6. The van der Waals surface area contributed by atoms with Gasteiger partial charge in [0.2, 0.25) is 0 Å². The summed E-state index contributed by atoms with van der Waals surface area (Å²) in [6, 6.07) is 14.7. The van der Waals surface area contributed by atoms with Gasteiger partial charge in [-0.05, 0) is 49.1 Å². The number of amides is 1. The molecule has 0 aliphatic carbocycles. The molecule has 1 saturated heterocycles. The van der Waals surface area contributed by atoms with Crippen LogP contribution in [0.2, 0.25) is 0 Å². The molecule has 26 heavy (non-hydrogen) atoms. The topological polar surface area (TPSA) is 73.6 Å². The van der Waals surface area contributed by atoms with Crippen LogP contribution in [0.5, 0.6) is 5.75 Å². The van der Waals surface area contributed by atoms with Crippen molar-refractivity contribution in [2.45, 2.75) is 31.9 Å². The van der Waals surface area contributed by atoms with Crippen molar-refractivity contribution in [2.75, 3.05) is 18.5 Å². The number of rotatable bonds is 6. The average Bonchev–Trinajstić information content (AvgIpc) is 2.68. The Hall–Kier alpha value is -2.08. The summed E-state index contributed by atoms with van der Waals surface area (Å²) >= 11 is 0. The van der Waals surface area contributed by atoms with Crippen molar-refractivity contribution in [3.63, 3.8) is 0 Å². The van der Waals surface area contributed by atoms with Crippen molar-refractivity contribution in [1.82, 2.24) is 0 Å². The van der Waals surface area contributed by atoms with E-state index in [1.807, 2.05) is 36.4 Å². The van der Waals surface area contributed by atoms with E-state index in [-0.39, 0.29) is 24.4 Å². The molecule has 1 aliphatic heterocycles. The summed E-state index contributed by atoms with van der Waals surface area (Å²) in [6.45, 7) is 1.76. The fourth-order valence-electron chi connectivity index (χ4n) is 2.80. The van der Waals surface area contributed by atoms with Crippen LogP contribution >= 0.6 is 12.4 Å². The highest BCUT2D eigenvalue weighted by Crippen LogP contribution is 2.25. The quantitative estimate of drug-likeness (QED) is 0.804. The second-order valence-corrected chi connectivity index (χ2v) is 6.15. The number of hydrogen-bond donors (Lipinski definition) is 2. The summed E-state index contributed by atoms with van der Waals surface area (Å²) in [5, 5.41) is 2.92. The standard InChI is InChI=1S/C20H24N2O3.ClH/c21-13-15-8-10-16(11-9-15)20(23)22-18-6-1-2-7-19(18)25-14-17-5-3-4-12-24-17;/h1-2,6-11,17H,3-5,12-14,21H2,(H,22,23);1H. The van der Waals surface area contributed by atoms with Gasteiger partial charge in [-0.1, -0.05) is 24.3 Å². The maximum absolute atomic E-state index is 12.4. The highest BCUT2D eigenvalue weighted by molar-refractivity contribution is 6.05. The van der Waals surface area contributed by atoms with Gasteiger partial charge in [0.25, 0.3) is 5.91 Å². The van der Waals surface area contributed by atoms with Crippen molar-refractivity contribution >= 4 is 24.0 Å². The van der Waals surface area contributed by atoms with Crippen molar-refractivity contribution in [3.8, 4) is 5.75 Å².